The average molecular weight is 375 g/mol. The van der Waals surface area contributed by atoms with E-state index in [0.717, 1.165) is 18.5 Å². The molecule has 0 N–H and O–H groups in total. The summed E-state index contributed by atoms with van der Waals surface area (Å²) in [5.74, 6) is 0.0618. The van der Waals surface area contributed by atoms with Gasteiger partial charge in [-0.15, -0.1) is 11.3 Å². The maximum atomic E-state index is 12.6. The molecule has 0 saturated carbocycles. The minimum absolute atomic E-state index is 0.0618. The van der Waals surface area contributed by atoms with Gasteiger partial charge in [0.05, 0.1) is 18.1 Å². The van der Waals surface area contributed by atoms with Crippen LogP contribution in [0, 0.1) is 0 Å². The van der Waals surface area contributed by atoms with Crippen molar-refractivity contribution in [3.63, 3.8) is 0 Å². The number of halogens is 1. The van der Waals surface area contributed by atoms with Gasteiger partial charge < -0.3 is 4.90 Å². The molecule has 0 radical (unpaired) electrons. The van der Waals surface area contributed by atoms with Gasteiger partial charge in [-0.2, -0.15) is 5.10 Å². The molecule has 0 fully saturated rings. The third kappa shape index (κ3) is 4.27. The number of nitrogens with zero attached hydrogens (tertiary/aromatic N) is 4. The Hall–Kier alpha value is -2.18. The highest BCUT2D eigenvalue weighted by Gasteiger charge is 2.20. The maximum absolute atomic E-state index is 12.6. The van der Waals surface area contributed by atoms with Crippen LogP contribution in [0.5, 0.6) is 0 Å². The Kier molecular flexibility index (Phi) is 5.83. The zero-order valence-corrected chi connectivity index (χ0v) is 15.5. The SMILES string of the molecule is CCN(C(=O)CCCc1cccs1)c1cn(-c2cccnc2)nc1Cl. The average Bonchev–Trinajstić information content (AvgIpc) is 3.27. The molecule has 0 aromatic carbocycles. The van der Waals surface area contributed by atoms with Gasteiger partial charge in [0, 0.05) is 24.0 Å². The summed E-state index contributed by atoms with van der Waals surface area (Å²) in [5.41, 5.74) is 1.44. The lowest BCUT2D eigenvalue weighted by Crippen LogP contribution is -2.30. The Bertz CT molecular complexity index is 817. The number of thiophene rings is 1. The fraction of sp³-hybridized carbons (Fsp3) is 0.278. The van der Waals surface area contributed by atoms with Crippen molar-refractivity contribution in [1.29, 1.82) is 0 Å². The van der Waals surface area contributed by atoms with Crippen LogP contribution in [0.15, 0.2) is 48.2 Å². The first-order valence-electron chi connectivity index (χ1n) is 8.17. The van der Waals surface area contributed by atoms with E-state index in [2.05, 4.69) is 21.5 Å². The van der Waals surface area contributed by atoms with Gasteiger partial charge in [0.25, 0.3) is 0 Å². The number of aromatic nitrogens is 3. The standard InChI is InChI=1S/C18H19ClN4OS/c1-2-22(17(24)9-3-7-15-8-5-11-25-15)16-13-23(21-18(16)19)14-6-4-10-20-12-14/h4-6,8,10-13H,2-3,7,9H2,1H3. The summed E-state index contributed by atoms with van der Waals surface area (Å²) in [6.45, 7) is 2.49. The lowest BCUT2D eigenvalue weighted by atomic mass is 10.2. The number of amides is 1. The van der Waals surface area contributed by atoms with Crippen molar-refractivity contribution in [3.05, 3.63) is 58.3 Å². The fourth-order valence-electron chi connectivity index (χ4n) is 2.63. The van der Waals surface area contributed by atoms with Crippen molar-refractivity contribution in [2.45, 2.75) is 26.2 Å². The molecular weight excluding hydrogens is 356 g/mol. The molecule has 5 nitrogen and oxygen atoms in total. The van der Waals surface area contributed by atoms with Crippen molar-refractivity contribution in [2.75, 3.05) is 11.4 Å². The van der Waals surface area contributed by atoms with Crippen LogP contribution in [0.1, 0.15) is 24.6 Å². The summed E-state index contributed by atoms with van der Waals surface area (Å²) in [7, 11) is 0. The quantitative estimate of drug-likeness (QED) is 0.617. The summed E-state index contributed by atoms with van der Waals surface area (Å²) in [5, 5.41) is 6.68. The molecule has 3 heterocycles. The highest BCUT2D eigenvalue weighted by atomic mass is 35.5. The molecule has 0 aliphatic carbocycles. The molecule has 0 atom stereocenters. The van der Waals surface area contributed by atoms with Crippen molar-refractivity contribution in [1.82, 2.24) is 14.8 Å². The Morgan fingerprint density at radius 1 is 1.36 bits per heavy atom. The van der Waals surface area contributed by atoms with Gasteiger partial charge in [-0.3, -0.25) is 9.78 Å². The predicted octanol–water partition coefficient (Wildman–Crippen LogP) is 4.36. The molecule has 25 heavy (non-hydrogen) atoms. The third-order valence-electron chi connectivity index (χ3n) is 3.86. The van der Waals surface area contributed by atoms with Gasteiger partial charge in [-0.25, -0.2) is 4.68 Å². The van der Waals surface area contributed by atoms with Crippen LogP contribution in [0.3, 0.4) is 0 Å². The lowest BCUT2D eigenvalue weighted by Gasteiger charge is -2.19. The Labute approximate surface area is 155 Å². The predicted molar refractivity (Wildman–Crippen MR) is 102 cm³/mol. The molecular formula is C18H19ClN4OS. The van der Waals surface area contributed by atoms with Gasteiger partial charge in [-0.1, -0.05) is 17.7 Å². The summed E-state index contributed by atoms with van der Waals surface area (Å²) in [6, 6.07) is 7.85. The zero-order valence-electron chi connectivity index (χ0n) is 13.9. The second-order valence-electron chi connectivity index (χ2n) is 5.53. The van der Waals surface area contributed by atoms with Gasteiger partial charge >= 0.3 is 0 Å². The maximum Gasteiger partial charge on any atom is 0.227 e. The van der Waals surface area contributed by atoms with Crippen molar-refractivity contribution in [2.24, 2.45) is 0 Å². The summed E-state index contributed by atoms with van der Waals surface area (Å²) in [4.78, 5) is 19.7. The number of hydrogen-bond acceptors (Lipinski definition) is 4. The summed E-state index contributed by atoms with van der Waals surface area (Å²) in [6.07, 6.45) is 7.41. The van der Waals surface area contributed by atoms with Crippen molar-refractivity contribution >= 4 is 34.5 Å². The first-order chi connectivity index (χ1) is 12.2. The monoisotopic (exact) mass is 374 g/mol. The molecule has 7 heteroatoms. The van der Waals surface area contributed by atoms with Crippen LogP contribution in [0.25, 0.3) is 5.69 Å². The van der Waals surface area contributed by atoms with Crippen molar-refractivity contribution < 1.29 is 4.79 Å². The number of anilines is 1. The first kappa shape index (κ1) is 17.6. The van der Waals surface area contributed by atoms with Crippen LogP contribution in [0.2, 0.25) is 5.15 Å². The first-order valence-corrected chi connectivity index (χ1v) is 9.43. The molecule has 0 spiro atoms. The zero-order chi connectivity index (χ0) is 17.6. The second kappa shape index (κ2) is 8.27. The molecule has 0 saturated heterocycles. The number of carbonyl (C=O) groups is 1. The van der Waals surface area contributed by atoms with Crippen molar-refractivity contribution in [3.8, 4) is 5.69 Å². The fourth-order valence-corrected chi connectivity index (χ4v) is 3.61. The lowest BCUT2D eigenvalue weighted by molar-refractivity contribution is -0.118. The van der Waals surface area contributed by atoms with Gasteiger partial charge in [0.2, 0.25) is 5.91 Å². The number of pyridine rings is 1. The second-order valence-corrected chi connectivity index (χ2v) is 6.92. The summed E-state index contributed by atoms with van der Waals surface area (Å²) < 4.78 is 1.65. The highest BCUT2D eigenvalue weighted by molar-refractivity contribution is 7.09. The Balaban J connectivity index is 1.69. The summed E-state index contributed by atoms with van der Waals surface area (Å²) >= 11 is 8.01. The number of aryl methyl sites for hydroxylation is 1. The molecule has 0 aliphatic rings. The molecule has 130 valence electrons. The number of carbonyl (C=O) groups excluding carboxylic acids is 1. The van der Waals surface area contributed by atoms with E-state index in [9.17, 15) is 4.79 Å². The van der Waals surface area contributed by atoms with Crippen LogP contribution in [-0.2, 0) is 11.2 Å². The minimum Gasteiger partial charge on any atom is -0.309 e. The topological polar surface area (TPSA) is 51.0 Å². The van der Waals surface area contributed by atoms with Gasteiger partial charge in [-0.05, 0) is 43.3 Å². The van der Waals surface area contributed by atoms with Gasteiger partial charge in [0.15, 0.2) is 5.15 Å². The third-order valence-corrected chi connectivity index (χ3v) is 5.07. The van der Waals surface area contributed by atoms with Gasteiger partial charge in [0.1, 0.15) is 5.69 Å². The van der Waals surface area contributed by atoms with E-state index in [1.807, 2.05) is 25.1 Å². The smallest absolute Gasteiger partial charge is 0.227 e. The molecule has 3 rings (SSSR count). The Morgan fingerprint density at radius 2 is 2.24 bits per heavy atom. The number of hydrogen-bond donors (Lipinski definition) is 0. The van der Waals surface area contributed by atoms with Crippen LogP contribution in [-0.4, -0.2) is 27.2 Å². The van der Waals surface area contributed by atoms with E-state index in [0.29, 0.717) is 23.8 Å². The molecule has 0 unspecified atom stereocenters. The number of rotatable bonds is 7. The Morgan fingerprint density at radius 3 is 2.92 bits per heavy atom. The van der Waals surface area contributed by atoms with Crippen LogP contribution < -0.4 is 4.90 Å². The van der Waals surface area contributed by atoms with E-state index < -0.39 is 0 Å². The normalized spacial score (nSPS) is 10.8. The van der Waals surface area contributed by atoms with Crippen LogP contribution >= 0.6 is 22.9 Å². The molecule has 0 bridgehead atoms. The van der Waals surface area contributed by atoms with E-state index >= 15 is 0 Å². The molecule has 1 amide bonds. The molecule has 0 aliphatic heterocycles. The van der Waals surface area contributed by atoms with E-state index in [-0.39, 0.29) is 5.91 Å². The minimum atomic E-state index is 0.0618. The van der Waals surface area contributed by atoms with Crippen LogP contribution in [0.4, 0.5) is 5.69 Å². The van der Waals surface area contributed by atoms with E-state index in [4.69, 9.17) is 11.6 Å². The molecule has 3 aromatic rings. The highest BCUT2D eigenvalue weighted by Crippen LogP contribution is 2.26. The largest absolute Gasteiger partial charge is 0.309 e. The van der Waals surface area contributed by atoms with E-state index in [1.54, 1.807) is 39.5 Å². The molecule has 3 aromatic heterocycles. The van der Waals surface area contributed by atoms with E-state index in [1.165, 1.54) is 4.88 Å².